The van der Waals surface area contributed by atoms with Crippen molar-refractivity contribution in [3.05, 3.63) is 52.1 Å². The number of aliphatic carboxylic acids is 2. The van der Waals surface area contributed by atoms with E-state index in [9.17, 15) is 134 Å². The molecule has 9 amide bonds. The number of hydrogen-bond donors (Lipinski definition) is 29. The molecule has 2 aromatic heterocycles. The number of nitrogens with one attached hydrogen (secondary N) is 11. The Bertz CT molecular complexity index is 3490. The maximum atomic E-state index is 14.5. The van der Waals surface area contributed by atoms with Crippen molar-refractivity contribution >= 4 is 94.2 Å². The van der Waals surface area contributed by atoms with Crippen molar-refractivity contribution in [2.24, 2.45) is 0 Å². The number of aldehydes is 1. The highest BCUT2D eigenvalue weighted by Gasteiger charge is 2.36. The number of aromatic amines is 1. The lowest BCUT2D eigenvalue weighted by Gasteiger charge is -2.27. The summed E-state index contributed by atoms with van der Waals surface area (Å²) in [5, 5.41) is 191. The van der Waals surface area contributed by atoms with Crippen molar-refractivity contribution in [2.75, 3.05) is 50.5 Å². The van der Waals surface area contributed by atoms with Gasteiger partial charge < -0.3 is 151 Å². The topological polar surface area (TPSA) is 767 Å². The van der Waals surface area contributed by atoms with Gasteiger partial charge in [-0.2, -0.15) is 4.98 Å². The minimum atomic E-state index is -2.18. The smallest absolute Gasteiger partial charge is 0.303 e. The minimum absolute atomic E-state index is 0.0328. The van der Waals surface area contributed by atoms with Gasteiger partial charge in [-0.1, -0.05) is 0 Å². The van der Waals surface area contributed by atoms with Crippen molar-refractivity contribution in [3.63, 3.8) is 0 Å². The van der Waals surface area contributed by atoms with E-state index in [0.717, 1.165) is 0 Å². The summed E-state index contributed by atoms with van der Waals surface area (Å²) in [5.41, 5.74) is 6.00. The average molecular weight is 1530 g/mol. The Morgan fingerprint density at radius 2 is 0.850 bits per heavy atom. The maximum Gasteiger partial charge on any atom is 0.303 e. The molecule has 0 aliphatic rings. The van der Waals surface area contributed by atoms with Crippen LogP contribution in [0.3, 0.4) is 0 Å². The van der Waals surface area contributed by atoms with Gasteiger partial charge >= 0.3 is 11.9 Å². The third kappa shape index (κ3) is 32.1. The monoisotopic (exact) mass is 1530 g/mol. The molecular formula is C62H95N15O30. The molecule has 0 aliphatic heterocycles. The lowest BCUT2D eigenvalue weighted by Crippen LogP contribution is -2.59. The number of aliphatic hydroxyl groups excluding tert-OH is 15. The number of carbonyl (C=O) groups excluding carboxylic acids is 10. The molecule has 0 spiro atoms. The van der Waals surface area contributed by atoms with Crippen molar-refractivity contribution in [3.8, 4) is 0 Å². The SMILES string of the molecule is C[C@H](CCC(=O)N[C@@H](CCC(=O)NC[C@H](O)[C@@H](O)[C@H](O)[C@H](O)CO)C(=O)N[C@H](CCC(=O)O)C(=O)N[C@@H](CCC(=O)NC[C@H](O)[C@@H](O)[C@H](O)[C@H](O)CO)C(=O)N[C@H](CCC(=O)O)C(=O)N[C@H](C=O)CCC(=O)NC[C@H](O)[C@@H](O)[C@H](O)[C@H](O)CO)NC(=O)c1ccc(NCc2cnc3nc(N)[nH]c(=O)c3n2)cc1. The summed E-state index contributed by atoms with van der Waals surface area (Å²) in [7, 11) is 0. The van der Waals surface area contributed by atoms with Gasteiger partial charge in [-0.15, -0.1) is 0 Å². The van der Waals surface area contributed by atoms with E-state index in [2.05, 4.69) is 73.1 Å². The van der Waals surface area contributed by atoms with Gasteiger partial charge in [0.15, 0.2) is 11.2 Å². The quantitative estimate of drug-likeness (QED) is 0.0233. The number of hydrogen-bond acceptors (Lipinski definition) is 33. The number of carboxylic acid groups (broad SMARTS) is 2. The van der Waals surface area contributed by atoms with Crippen LogP contribution in [0.5, 0.6) is 0 Å². The number of fused-ring (bicyclic) bond motifs is 1. The van der Waals surface area contributed by atoms with Gasteiger partial charge in [0.25, 0.3) is 11.5 Å². The fourth-order valence-electron chi connectivity index (χ4n) is 9.68. The number of H-pyrrole nitrogens is 1. The van der Waals surface area contributed by atoms with Crippen LogP contribution in [0.4, 0.5) is 11.6 Å². The first-order chi connectivity index (χ1) is 50.4. The number of anilines is 2. The lowest BCUT2D eigenvalue weighted by molar-refractivity contribution is -0.139. The standard InChI is InChI=1S/C62H95N15O30/c1-27(69-56(102)28-3-5-29(6-4-28)64-18-31-19-68-55-48(70-31)61(107)77-62(63)76-55)2-12-45(91)72-32(8-14-43(89)66-21-37(83)50(97)53(100)40(86)25-80)58(104)75-35(11-17-47(94)95)60(106)73-33(9-15-44(90)67-22-38(84)51(98)54(101)41(87)26-81)59(105)74-34(10-16-46(92)93)57(103)71-30(23-78)7-13-42(88)65-20-36(82)49(96)52(99)39(85)24-79/h3-6,19,23,27,30,32-41,49-54,64,79-87,96-101H,2,7-18,20-22,24-26H2,1H3,(H,65,88)(H,66,89)(H,67,90)(H,69,102)(H,71,103)(H,72,91)(H,73,106)(H,74,105)(H,75,104)(H,92,93)(H,94,95)(H3,63,68,76,77,107)/t27-,30+,32+,33+,34-,35-,36+,37+,38+,39-,40-,41-,49-,50-,51-,52-,53-,54-/m1/s1. The van der Waals surface area contributed by atoms with Crippen LogP contribution < -0.4 is 64.5 Å². The number of benzene rings is 1. The third-order valence-corrected chi connectivity index (χ3v) is 16.1. The molecule has 0 bridgehead atoms. The molecule has 2 heterocycles. The molecule has 45 heteroatoms. The molecule has 45 nitrogen and oxygen atoms in total. The number of aliphatic hydroxyl groups is 15. The Labute approximate surface area is 607 Å². The molecule has 30 N–H and O–H groups in total. The highest BCUT2D eigenvalue weighted by atomic mass is 16.4. The minimum Gasteiger partial charge on any atom is -0.481 e. The van der Waals surface area contributed by atoms with Gasteiger partial charge in [-0.05, 0) is 69.7 Å². The highest BCUT2D eigenvalue weighted by Crippen LogP contribution is 2.16. The normalized spacial score (nSPS) is 16.5. The first kappa shape index (κ1) is 91.5. The van der Waals surface area contributed by atoms with E-state index in [0.29, 0.717) is 11.4 Å². The lowest BCUT2D eigenvalue weighted by atomic mass is 10.0. The van der Waals surface area contributed by atoms with Crippen molar-refractivity contribution < 1.29 is 144 Å². The number of rotatable bonds is 51. The second-order valence-corrected chi connectivity index (χ2v) is 24.7. The van der Waals surface area contributed by atoms with Gasteiger partial charge in [0.05, 0.1) is 62.6 Å². The Kier molecular flexibility index (Phi) is 39.7. The molecule has 18 atom stereocenters. The van der Waals surface area contributed by atoms with Crippen LogP contribution in [0.25, 0.3) is 11.2 Å². The molecule has 1 aromatic carbocycles. The highest BCUT2D eigenvalue weighted by molar-refractivity contribution is 5.97. The maximum absolute atomic E-state index is 14.5. The van der Waals surface area contributed by atoms with E-state index in [4.69, 9.17) is 21.1 Å². The number of carbonyl (C=O) groups is 12. The number of nitrogen functional groups attached to an aromatic ring is 1. The number of nitrogens with zero attached hydrogens (tertiary/aromatic N) is 3. The molecule has 598 valence electrons. The zero-order valence-electron chi connectivity index (χ0n) is 57.6. The summed E-state index contributed by atoms with van der Waals surface area (Å²) in [6.45, 7) is -3.93. The first-order valence-electron chi connectivity index (χ1n) is 33.3. The average Bonchev–Trinajstić information content (AvgIpc) is 0.822. The van der Waals surface area contributed by atoms with E-state index in [1.54, 1.807) is 12.1 Å². The van der Waals surface area contributed by atoms with Crippen LogP contribution in [0.15, 0.2) is 35.3 Å². The van der Waals surface area contributed by atoms with Gasteiger partial charge in [-0.25, -0.2) is 9.97 Å². The molecule has 0 radical (unpaired) electrons. The van der Waals surface area contributed by atoms with Gasteiger partial charge in [0.2, 0.25) is 53.2 Å². The van der Waals surface area contributed by atoms with Crippen LogP contribution in [-0.2, 0) is 59.3 Å². The molecular weight excluding hydrogens is 1430 g/mol. The number of nitrogens with two attached hydrogens (primary N) is 1. The molecule has 0 fully saturated rings. The summed E-state index contributed by atoms with van der Waals surface area (Å²) in [5.74, 6) is -13.3. The zero-order chi connectivity index (χ0) is 80.4. The zero-order valence-corrected chi connectivity index (χ0v) is 57.6. The summed E-state index contributed by atoms with van der Waals surface area (Å²) >= 11 is 0. The van der Waals surface area contributed by atoms with E-state index in [-0.39, 0.29) is 41.9 Å². The van der Waals surface area contributed by atoms with Gasteiger partial charge in [0, 0.05) is 75.5 Å². The van der Waals surface area contributed by atoms with Crippen LogP contribution in [-0.4, -0.2) is 327 Å². The summed E-state index contributed by atoms with van der Waals surface area (Å²) in [6.07, 6.45) is -31.2. The van der Waals surface area contributed by atoms with Crippen molar-refractivity contribution in [1.82, 2.24) is 67.8 Å². The third-order valence-electron chi connectivity index (χ3n) is 16.1. The number of amides is 9. The summed E-state index contributed by atoms with van der Waals surface area (Å²) in [6, 6.07) is -4.32. The first-order valence-corrected chi connectivity index (χ1v) is 33.3. The van der Waals surface area contributed by atoms with Crippen molar-refractivity contribution in [2.45, 2.75) is 200 Å². The predicted molar refractivity (Wildman–Crippen MR) is 362 cm³/mol. The van der Waals surface area contributed by atoms with Gasteiger partial charge in [0.1, 0.15) is 85.4 Å². The van der Waals surface area contributed by atoms with Gasteiger partial charge in [-0.3, -0.25) is 62.5 Å². The summed E-state index contributed by atoms with van der Waals surface area (Å²) in [4.78, 5) is 186. The second kappa shape index (κ2) is 46.4. The largest absolute Gasteiger partial charge is 0.481 e. The molecule has 0 saturated heterocycles. The Morgan fingerprint density at radius 3 is 1.25 bits per heavy atom. The predicted octanol–water partition coefficient (Wildman–Crippen LogP) is -12.8. The van der Waals surface area contributed by atoms with E-state index < -0.39 is 290 Å². The molecule has 0 saturated carbocycles. The van der Waals surface area contributed by atoms with Crippen LogP contribution >= 0.6 is 0 Å². The fourth-order valence-corrected chi connectivity index (χ4v) is 9.68. The van der Waals surface area contributed by atoms with E-state index >= 15 is 0 Å². The van der Waals surface area contributed by atoms with Crippen LogP contribution in [0.2, 0.25) is 0 Å². The second-order valence-electron chi connectivity index (χ2n) is 24.7. The van der Waals surface area contributed by atoms with E-state index in [1.807, 2.05) is 0 Å². The molecule has 3 aromatic rings. The van der Waals surface area contributed by atoms with Crippen molar-refractivity contribution in [1.29, 1.82) is 0 Å². The van der Waals surface area contributed by atoms with Crippen LogP contribution in [0.1, 0.15) is 100 Å². The Balaban J connectivity index is 1.92. The molecule has 0 aliphatic carbocycles. The Hall–Kier alpha value is -9.72. The fraction of sp³-hybridized carbons (Fsp3) is 0.613. The number of carboxylic acids is 2. The number of aromatic nitrogens is 4. The van der Waals surface area contributed by atoms with Crippen LogP contribution in [0, 0.1) is 0 Å². The Morgan fingerprint density at radius 1 is 0.477 bits per heavy atom. The summed E-state index contributed by atoms with van der Waals surface area (Å²) < 4.78 is 0. The molecule has 3 rings (SSSR count). The molecule has 107 heavy (non-hydrogen) atoms. The van der Waals surface area contributed by atoms with E-state index in [1.165, 1.54) is 25.3 Å². The molecule has 0 unspecified atom stereocenters.